The molecule has 0 atom stereocenters. The van der Waals surface area contributed by atoms with E-state index in [0.29, 0.717) is 5.88 Å². The second-order valence-electron chi connectivity index (χ2n) is 4.73. The highest BCUT2D eigenvalue weighted by molar-refractivity contribution is 6.30. The van der Waals surface area contributed by atoms with E-state index in [4.69, 9.17) is 23.2 Å². The van der Waals surface area contributed by atoms with Gasteiger partial charge in [0.2, 0.25) is 0 Å². The molecule has 0 saturated carbocycles. The topological polar surface area (TPSA) is 3.24 Å². The molecule has 2 aromatic rings. The monoisotopic (exact) mass is 293 g/mol. The summed E-state index contributed by atoms with van der Waals surface area (Å²) in [6.45, 7) is 2.95. The van der Waals surface area contributed by atoms with Gasteiger partial charge in [0.05, 0.1) is 0 Å². The van der Waals surface area contributed by atoms with Gasteiger partial charge < -0.3 is 4.90 Å². The normalized spacial score (nSPS) is 10.5. The number of hydrogen-bond acceptors (Lipinski definition) is 1. The minimum atomic E-state index is 0.563. The molecule has 2 aromatic carbocycles. The van der Waals surface area contributed by atoms with Gasteiger partial charge in [-0.25, -0.2) is 0 Å². The molecule has 0 aliphatic heterocycles. The molecule has 0 radical (unpaired) electrons. The molecule has 100 valence electrons. The Morgan fingerprint density at radius 2 is 1.74 bits per heavy atom. The first kappa shape index (κ1) is 14.2. The zero-order chi connectivity index (χ0) is 13.8. The average Bonchev–Trinajstić information content (AvgIpc) is 2.41. The van der Waals surface area contributed by atoms with Gasteiger partial charge in [0.25, 0.3) is 0 Å². The van der Waals surface area contributed by atoms with Gasteiger partial charge in [-0.05, 0) is 47.9 Å². The molecular weight excluding hydrogens is 277 g/mol. The van der Waals surface area contributed by atoms with Gasteiger partial charge in [0.1, 0.15) is 0 Å². The summed E-state index contributed by atoms with van der Waals surface area (Å²) in [6, 6.07) is 14.3. The molecule has 0 heterocycles. The highest BCUT2D eigenvalue weighted by Crippen LogP contribution is 2.21. The van der Waals surface area contributed by atoms with Crippen LogP contribution < -0.4 is 4.90 Å². The van der Waals surface area contributed by atoms with Crippen LogP contribution in [0.4, 0.5) is 5.69 Å². The van der Waals surface area contributed by atoms with Crippen molar-refractivity contribution in [3.8, 4) is 0 Å². The first-order valence-electron chi connectivity index (χ1n) is 6.21. The lowest BCUT2D eigenvalue weighted by Gasteiger charge is -2.20. The minimum Gasteiger partial charge on any atom is -0.370 e. The van der Waals surface area contributed by atoms with Crippen LogP contribution in [0.2, 0.25) is 5.02 Å². The molecular formula is C16H17Cl2N. The van der Waals surface area contributed by atoms with E-state index in [9.17, 15) is 0 Å². The van der Waals surface area contributed by atoms with Gasteiger partial charge >= 0.3 is 0 Å². The summed E-state index contributed by atoms with van der Waals surface area (Å²) in [6.07, 6.45) is 0. The number of alkyl halides is 1. The van der Waals surface area contributed by atoms with Crippen LogP contribution in [0, 0.1) is 6.92 Å². The third-order valence-corrected chi connectivity index (χ3v) is 3.78. The van der Waals surface area contributed by atoms with Crippen LogP contribution in [0.25, 0.3) is 0 Å². The van der Waals surface area contributed by atoms with E-state index in [1.807, 2.05) is 12.1 Å². The van der Waals surface area contributed by atoms with Gasteiger partial charge in [-0.2, -0.15) is 0 Å². The van der Waals surface area contributed by atoms with Gasteiger partial charge in [0.15, 0.2) is 0 Å². The van der Waals surface area contributed by atoms with E-state index >= 15 is 0 Å². The van der Waals surface area contributed by atoms with Crippen molar-refractivity contribution in [1.29, 1.82) is 0 Å². The van der Waals surface area contributed by atoms with Crippen molar-refractivity contribution in [1.82, 2.24) is 0 Å². The molecule has 3 heteroatoms. The first-order valence-corrected chi connectivity index (χ1v) is 7.12. The van der Waals surface area contributed by atoms with E-state index in [0.717, 1.165) is 11.6 Å². The fourth-order valence-electron chi connectivity index (χ4n) is 2.02. The molecule has 0 aliphatic rings. The van der Waals surface area contributed by atoms with Crippen molar-refractivity contribution in [2.45, 2.75) is 19.3 Å². The summed E-state index contributed by atoms with van der Waals surface area (Å²) < 4.78 is 0. The standard InChI is InChI=1S/C16H17Cl2N/c1-12-9-16(8-5-14(12)10-17)19(2)11-13-3-6-15(18)7-4-13/h3-9H,10-11H2,1-2H3. The Morgan fingerprint density at radius 3 is 2.32 bits per heavy atom. The molecule has 0 bridgehead atoms. The predicted octanol–water partition coefficient (Wildman–Crippen LogP) is 5.02. The Hall–Kier alpha value is -1.18. The molecule has 0 aromatic heterocycles. The number of halogens is 2. The Labute approximate surface area is 124 Å². The lowest BCUT2D eigenvalue weighted by atomic mass is 10.1. The number of rotatable bonds is 4. The highest BCUT2D eigenvalue weighted by Gasteiger charge is 2.05. The summed E-state index contributed by atoms with van der Waals surface area (Å²) >= 11 is 11.8. The molecule has 1 nitrogen and oxygen atoms in total. The van der Waals surface area contributed by atoms with Gasteiger partial charge in [-0.1, -0.05) is 29.8 Å². The van der Waals surface area contributed by atoms with E-state index in [-0.39, 0.29) is 0 Å². The van der Waals surface area contributed by atoms with E-state index in [2.05, 4.69) is 49.2 Å². The van der Waals surface area contributed by atoms with Crippen LogP contribution in [0.3, 0.4) is 0 Å². The van der Waals surface area contributed by atoms with Crippen molar-refractivity contribution in [3.05, 3.63) is 64.2 Å². The summed E-state index contributed by atoms with van der Waals surface area (Å²) in [7, 11) is 2.09. The van der Waals surface area contributed by atoms with Crippen LogP contribution in [0.5, 0.6) is 0 Å². The molecule has 2 rings (SSSR count). The van der Waals surface area contributed by atoms with Crippen molar-refractivity contribution in [2.24, 2.45) is 0 Å². The Kier molecular flexibility index (Phi) is 4.73. The Bertz CT molecular complexity index is 549. The van der Waals surface area contributed by atoms with Gasteiger partial charge in [0, 0.05) is 30.2 Å². The van der Waals surface area contributed by atoms with Gasteiger partial charge in [-0.3, -0.25) is 0 Å². The highest BCUT2D eigenvalue weighted by atomic mass is 35.5. The molecule has 0 saturated heterocycles. The number of aryl methyl sites for hydroxylation is 1. The first-order chi connectivity index (χ1) is 9.10. The van der Waals surface area contributed by atoms with Crippen LogP contribution in [-0.2, 0) is 12.4 Å². The summed E-state index contributed by atoms with van der Waals surface area (Å²) in [5, 5.41) is 0.772. The zero-order valence-corrected chi connectivity index (χ0v) is 12.7. The molecule has 0 amide bonds. The minimum absolute atomic E-state index is 0.563. The Morgan fingerprint density at radius 1 is 1.05 bits per heavy atom. The number of hydrogen-bond donors (Lipinski definition) is 0. The Balaban J connectivity index is 2.13. The largest absolute Gasteiger partial charge is 0.370 e. The maximum Gasteiger partial charge on any atom is 0.0476 e. The van der Waals surface area contributed by atoms with E-state index in [1.165, 1.54) is 22.4 Å². The third-order valence-electron chi connectivity index (χ3n) is 3.24. The lowest BCUT2D eigenvalue weighted by molar-refractivity contribution is 0.921. The number of benzene rings is 2. The molecule has 19 heavy (non-hydrogen) atoms. The van der Waals surface area contributed by atoms with Gasteiger partial charge in [-0.15, -0.1) is 11.6 Å². The number of anilines is 1. The molecule has 0 unspecified atom stereocenters. The van der Waals surface area contributed by atoms with Crippen molar-refractivity contribution in [3.63, 3.8) is 0 Å². The average molecular weight is 294 g/mol. The summed E-state index contributed by atoms with van der Waals surface area (Å²) in [5.74, 6) is 0.563. The fourth-order valence-corrected chi connectivity index (χ4v) is 2.45. The maximum atomic E-state index is 5.89. The third kappa shape index (κ3) is 3.65. The molecule has 0 spiro atoms. The van der Waals surface area contributed by atoms with E-state index < -0.39 is 0 Å². The quantitative estimate of drug-likeness (QED) is 0.715. The maximum absolute atomic E-state index is 5.89. The number of nitrogens with zero attached hydrogens (tertiary/aromatic N) is 1. The second-order valence-corrected chi connectivity index (χ2v) is 5.43. The summed E-state index contributed by atoms with van der Waals surface area (Å²) in [4.78, 5) is 2.22. The molecule has 0 aliphatic carbocycles. The van der Waals surface area contributed by atoms with E-state index in [1.54, 1.807) is 0 Å². The van der Waals surface area contributed by atoms with Crippen molar-refractivity contribution >= 4 is 28.9 Å². The smallest absolute Gasteiger partial charge is 0.0476 e. The second kappa shape index (κ2) is 6.31. The lowest BCUT2D eigenvalue weighted by Crippen LogP contribution is -2.16. The predicted molar refractivity (Wildman–Crippen MR) is 84.3 cm³/mol. The van der Waals surface area contributed by atoms with Crippen LogP contribution in [-0.4, -0.2) is 7.05 Å². The fraction of sp³-hybridized carbons (Fsp3) is 0.250. The molecule has 0 fully saturated rings. The summed E-state index contributed by atoms with van der Waals surface area (Å²) in [5.41, 5.74) is 4.85. The van der Waals surface area contributed by atoms with Crippen LogP contribution >= 0.6 is 23.2 Å². The SMILES string of the molecule is Cc1cc(N(C)Cc2ccc(Cl)cc2)ccc1CCl. The van der Waals surface area contributed by atoms with Crippen LogP contribution in [0.1, 0.15) is 16.7 Å². The molecule has 0 N–H and O–H groups in total. The van der Waals surface area contributed by atoms with Crippen molar-refractivity contribution in [2.75, 3.05) is 11.9 Å². The van der Waals surface area contributed by atoms with Crippen LogP contribution in [0.15, 0.2) is 42.5 Å². The van der Waals surface area contributed by atoms with Crippen molar-refractivity contribution < 1.29 is 0 Å². The zero-order valence-electron chi connectivity index (χ0n) is 11.2.